The van der Waals surface area contributed by atoms with Crippen LogP contribution in [0.2, 0.25) is 0 Å². The van der Waals surface area contributed by atoms with Crippen molar-refractivity contribution in [2.45, 2.75) is 75.3 Å². The van der Waals surface area contributed by atoms with Crippen molar-refractivity contribution in [2.75, 3.05) is 10.6 Å². The number of fused-ring (bicyclic) bond motifs is 3. The van der Waals surface area contributed by atoms with Gasteiger partial charge in [-0.3, -0.25) is 19.2 Å². The van der Waals surface area contributed by atoms with Gasteiger partial charge in [0, 0.05) is 0 Å². The number of hydrogen-bond acceptors (Lipinski definition) is 5. The van der Waals surface area contributed by atoms with Crippen LogP contribution in [0.15, 0.2) is 42.5 Å². The predicted molar refractivity (Wildman–Crippen MR) is 135 cm³/mol. The lowest BCUT2D eigenvalue weighted by atomic mass is 9.80. The molecule has 2 heterocycles. The normalized spacial score (nSPS) is 21.8. The molecule has 188 valence electrons. The van der Waals surface area contributed by atoms with Crippen molar-refractivity contribution in [1.82, 2.24) is 15.6 Å². The van der Waals surface area contributed by atoms with Crippen LogP contribution < -0.4 is 21.3 Å². The smallest absolute Gasteiger partial charge is 0.270 e. The monoisotopic (exact) mass is 489 g/mol. The molecule has 2 bridgehead atoms. The lowest BCUT2D eigenvalue weighted by Gasteiger charge is -2.37. The molecule has 2 saturated carbocycles. The maximum Gasteiger partial charge on any atom is 0.270 e. The number of nitrogens with zero attached hydrogens (tertiary/aromatic N) is 1. The third kappa shape index (κ3) is 4.57. The van der Waals surface area contributed by atoms with Gasteiger partial charge in [0.15, 0.2) is 0 Å². The molecule has 1 aromatic heterocycles. The van der Waals surface area contributed by atoms with Crippen LogP contribution in [0, 0.1) is 0 Å². The Labute approximate surface area is 209 Å². The van der Waals surface area contributed by atoms with Crippen LogP contribution in [0.4, 0.5) is 11.4 Å². The Kier molecular flexibility index (Phi) is 6.47. The average molecular weight is 490 g/mol. The number of para-hydroxylation sites is 2. The third-order valence-electron chi connectivity index (χ3n) is 7.63. The topological polar surface area (TPSA) is 129 Å². The fourth-order valence-electron chi connectivity index (χ4n) is 5.56. The van der Waals surface area contributed by atoms with Crippen LogP contribution in [0.1, 0.15) is 85.2 Å². The van der Waals surface area contributed by atoms with E-state index in [1.807, 2.05) is 0 Å². The first-order valence-corrected chi connectivity index (χ1v) is 12.7. The molecule has 1 aromatic carbocycles. The summed E-state index contributed by atoms with van der Waals surface area (Å²) in [5.41, 5.74) is -1.23. The van der Waals surface area contributed by atoms with Gasteiger partial charge in [-0.05, 0) is 49.9 Å². The van der Waals surface area contributed by atoms with Crippen molar-refractivity contribution in [3.05, 3.63) is 53.9 Å². The predicted octanol–water partition coefficient (Wildman–Crippen LogP) is 3.54. The van der Waals surface area contributed by atoms with Gasteiger partial charge >= 0.3 is 0 Å². The van der Waals surface area contributed by atoms with E-state index in [1.54, 1.807) is 30.3 Å². The van der Waals surface area contributed by atoms with Crippen LogP contribution in [-0.4, -0.2) is 39.7 Å². The lowest BCUT2D eigenvalue weighted by Crippen LogP contribution is -2.58. The molecule has 2 aromatic rings. The number of aromatic nitrogens is 1. The van der Waals surface area contributed by atoms with E-state index in [9.17, 15) is 19.2 Å². The van der Waals surface area contributed by atoms with Gasteiger partial charge in [-0.1, -0.05) is 56.7 Å². The summed E-state index contributed by atoms with van der Waals surface area (Å²) in [6, 6.07) is 11.6. The summed E-state index contributed by atoms with van der Waals surface area (Å²) in [6.07, 6.45) is 7.10. The van der Waals surface area contributed by atoms with Crippen LogP contribution in [-0.2, 0) is 9.59 Å². The Morgan fingerprint density at radius 1 is 0.556 bits per heavy atom. The molecule has 4 amide bonds. The van der Waals surface area contributed by atoms with Gasteiger partial charge in [0.2, 0.25) is 11.8 Å². The summed E-state index contributed by atoms with van der Waals surface area (Å²) < 4.78 is 0. The van der Waals surface area contributed by atoms with E-state index >= 15 is 0 Å². The number of pyridine rings is 1. The highest BCUT2D eigenvalue weighted by Gasteiger charge is 2.43. The van der Waals surface area contributed by atoms with E-state index in [-0.39, 0.29) is 23.2 Å². The van der Waals surface area contributed by atoms with E-state index < -0.39 is 22.9 Å². The summed E-state index contributed by atoms with van der Waals surface area (Å²) in [5, 5.41) is 11.8. The zero-order valence-electron chi connectivity index (χ0n) is 20.2. The molecular formula is C27H31N5O4. The molecule has 9 nitrogen and oxygen atoms in total. The van der Waals surface area contributed by atoms with Crippen molar-refractivity contribution < 1.29 is 19.2 Å². The molecule has 5 rings (SSSR count). The minimum atomic E-state index is -1.11. The number of benzene rings is 1. The van der Waals surface area contributed by atoms with Crippen molar-refractivity contribution in [1.29, 1.82) is 0 Å². The number of nitrogens with one attached hydrogen (secondary N) is 4. The maximum absolute atomic E-state index is 13.7. The molecule has 0 atom stereocenters. The number of amides is 4. The molecule has 0 saturated heterocycles. The maximum atomic E-state index is 13.7. The lowest BCUT2D eigenvalue weighted by molar-refractivity contribution is -0.124. The van der Waals surface area contributed by atoms with Crippen LogP contribution in [0.25, 0.3) is 0 Å². The highest BCUT2D eigenvalue weighted by atomic mass is 16.2. The Morgan fingerprint density at radius 3 is 1.39 bits per heavy atom. The SMILES string of the molecule is O=C1NC2(CCCCC2)C(=O)Nc2ccccc2NC(=O)C2(CCCCC2)NC(=O)c2cccc1n2. The molecule has 1 aliphatic heterocycles. The van der Waals surface area contributed by atoms with Crippen molar-refractivity contribution >= 4 is 35.0 Å². The molecule has 3 aliphatic rings. The Morgan fingerprint density at radius 2 is 0.972 bits per heavy atom. The van der Waals surface area contributed by atoms with Gasteiger partial charge in [0.05, 0.1) is 11.4 Å². The fraction of sp³-hybridized carbons (Fsp3) is 0.444. The minimum absolute atomic E-state index is 0.0535. The molecule has 36 heavy (non-hydrogen) atoms. The van der Waals surface area contributed by atoms with Gasteiger partial charge in [0.25, 0.3) is 11.8 Å². The van der Waals surface area contributed by atoms with Gasteiger partial charge in [-0.25, -0.2) is 4.98 Å². The minimum Gasteiger partial charge on any atom is -0.336 e. The zero-order valence-corrected chi connectivity index (χ0v) is 20.2. The number of anilines is 2. The molecule has 2 spiro atoms. The second-order valence-corrected chi connectivity index (χ2v) is 10.1. The van der Waals surface area contributed by atoms with E-state index in [0.29, 0.717) is 37.1 Å². The second kappa shape index (κ2) is 9.72. The third-order valence-corrected chi connectivity index (χ3v) is 7.63. The Hall–Kier alpha value is -3.75. The summed E-state index contributed by atoms with van der Waals surface area (Å²) in [6.45, 7) is 0. The first-order chi connectivity index (χ1) is 17.4. The average Bonchev–Trinajstić information content (AvgIpc) is 2.90. The number of carbonyl (C=O) groups is 4. The summed E-state index contributed by atoms with van der Waals surface area (Å²) >= 11 is 0. The molecule has 0 unspecified atom stereocenters. The first-order valence-electron chi connectivity index (χ1n) is 12.7. The summed E-state index contributed by atoms with van der Waals surface area (Å²) in [7, 11) is 0. The van der Waals surface area contributed by atoms with Crippen molar-refractivity contribution in [3.8, 4) is 0 Å². The van der Waals surface area contributed by atoms with Crippen LogP contribution >= 0.6 is 0 Å². The van der Waals surface area contributed by atoms with E-state index in [1.165, 1.54) is 12.1 Å². The molecular weight excluding hydrogens is 458 g/mol. The van der Waals surface area contributed by atoms with Crippen molar-refractivity contribution in [3.63, 3.8) is 0 Å². The van der Waals surface area contributed by atoms with E-state index in [4.69, 9.17) is 0 Å². The summed E-state index contributed by atoms with van der Waals surface area (Å²) in [4.78, 5) is 58.2. The largest absolute Gasteiger partial charge is 0.336 e. The van der Waals surface area contributed by atoms with Gasteiger partial charge in [-0.15, -0.1) is 0 Å². The van der Waals surface area contributed by atoms with E-state index in [2.05, 4.69) is 26.3 Å². The quantitative estimate of drug-likeness (QED) is 0.450. The number of rotatable bonds is 0. The molecule has 0 radical (unpaired) electrons. The zero-order chi connectivity index (χ0) is 25.2. The van der Waals surface area contributed by atoms with Crippen molar-refractivity contribution in [2.24, 2.45) is 0 Å². The number of hydrogen-bond donors (Lipinski definition) is 4. The highest BCUT2D eigenvalue weighted by molar-refractivity contribution is 6.08. The van der Waals surface area contributed by atoms with E-state index in [0.717, 1.165) is 38.5 Å². The summed E-state index contributed by atoms with van der Waals surface area (Å²) in [5.74, 6) is -1.67. The fourth-order valence-corrected chi connectivity index (χ4v) is 5.56. The Bertz CT molecular complexity index is 1110. The molecule has 2 fully saturated rings. The standard InChI is InChI=1S/C27H31N5O4/c33-22-20-12-9-13-21(28-20)23(34)32-27(16-7-2-8-17-27)25(36)30-19-11-4-3-10-18(19)29-24(35)26(31-22)14-5-1-6-15-26/h3-4,9-13H,1-2,5-8,14-17H2,(H,29,35)(H,30,36)(H,31,33)(H,32,34). The highest BCUT2D eigenvalue weighted by Crippen LogP contribution is 2.34. The van der Waals surface area contributed by atoms with Gasteiger partial charge in [-0.2, -0.15) is 0 Å². The second-order valence-electron chi connectivity index (χ2n) is 10.1. The molecule has 9 heteroatoms. The first kappa shape index (κ1) is 24.0. The van der Waals surface area contributed by atoms with Crippen LogP contribution in [0.5, 0.6) is 0 Å². The number of carbonyl (C=O) groups excluding carboxylic acids is 4. The van der Waals surface area contributed by atoms with Gasteiger partial charge < -0.3 is 21.3 Å². The molecule has 4 N–H and O–H groups in total. The van der Waals surface area contributed by atoms with Crippen LogP contribution in [0.3, 0.4) is 0 Å². The molecule has 2 aliphatic carbocycles. The van der Waals surface area contributed by atoms with Gasteiger partial charge in [0.1, 0.15) is 22.5 Å². The Balaban J connectivity index is 1.60.